The van der Waals surface area contributed by atoms with Crippen molar-refractivity contribution in [1.82, 2.24) is 15.3 Å². The average molecular weight is 616 g/mol. The number of benzene rings is 3. The Morgan fingerprint density at radius 1 is 1.10 bits per heavy atom. The summed E-state index contributed by atoms with van der Waals surface area (Å²) in [4.78, 5) is 32.1. The minimum absolute atomic E-state index is 0.108. The van der Waals surface area contributed by atoms with Crippen molar-refractivity contribution in [3.05, 3.63) is 93.2 Å². The van der Waals surface area contributed by atoms with Crippen LogP contribution in [0.2, 0.25) is 10.0 Å². The number of aromatic carboxylic acids is 1. The van der Waals surface area contributed by atoms with Crippen LogP contribution in [0.15, 0.2) is 54.6 Å². The number of H-pyrrole nitrogens is 1. The van der Waals surface area contributed by atoms with E-state index in [1.807, 2.05) is 27.7 Å². The highest BCUT2D eigenvalue weighted by atomic mass is 35.5. The van der Waals surface area contributed by atoms with Gasteiger partial charge >= 0.3 is 5.97 Å². The van der Waals surface area contributed by atoms with Crippen molar-refractivity contribution in [2.45, 2.75) is 57.5 Å². The molecule has 5 rings (SSSR count). The molecule has 0 saturated carbocycles. The Labute approximate surface area is 251 Å². The smallest absolute Gasteiger partial charge is 0.371 e. The molecule has 220 valence electrons. The zero-order valence-corrected chi connectivity index (χ0v) is 24.9. The summed E-state index contributed by atoms with van der Waals surface area (Å²) in [7, 11) is 0. The van der Waals surface area contributed by atoms with E-state index in [1.165, 1.54) is 12.1 Å². The fourth-order valence-corrected chi connectivity index (χ4v) is 6.45. The number of fused-ring (bicyclic) bond motifs is 1. The van der Waals surface area contributed by atoms with Gasteiger partial charge in [0.2, 0.25) is 11.7 Å². The number of nitrogens with one attached hydrogen (secondary N) is 3. The number of imidazole rings is 1. The third-order valence-electron chi connectivity index (χ3n) is 7.96. The first kappa shape index (κ1) is 29.9. The molecule has 1 aliphatic heterocycles. The zero-order chi connectivity index (χ0) is 30.6. The van der Waals surface area contributed by atoms with Gasteiger partial charge in [-0.15, -0.1) is 0 Å². The molecule has 2 heterocycles. The summed E-state index contributed by atoms with van der Waals surface area (Å²) in [5.74, 6) is -4.04. The van der Waals surface area contributed by atoms with Crippen LogP contribution in [0, 0.1) is 17.0 Å². The van der Waals surface area contributed by atoms with Gasteiger partial charge in [-0.3, -0.25) is 4.79 Å². The molecular weight excluding hydrogens is 585 g/mol. The van der Waals surface area contributed by atoms with Crippen LogP contribution in [0.3, 0.4) is 0 Å². The van der Waals surface area contributed by atoms with Crippen LogP contribution in [-0.2, 0) is 10.2 Å². The second-order valence-corrected chi connectivity index (χ2v) is 12.9. The summed E-state index contributed by atoms with van der Waals surface area (Å²) < 4.78 is 31.5. The van der Waals surface area contributed by atoms with E-state index < -0.39 is 46.9 Å². The predicted molar refractivity (Wildman–Crippen MR) is 159 cm³/mol. The van der Waals surface area contributed by atoms with Crippen LogP contribution in [-0.4, -0.2) is 39.0 Å². The first-order chi connectivity index (χ1) is 19.7. The van der Waals surface area contributed by atoms with Crippen LogP contribution in [0.25, 0.3) is 11.0 Å². The Hall–Kier alpha value is -3.53. The number of amides is 1. The van der Waals surface area contributed by atoms with Gasteiger partial charge in [0.1, 0.15) is 11.6 Å². The molecule has 4 atom stereocenters. The van der Waals surface area contributed by atoms with Crippen molar-refractivity contribution in [3.63, 3.8) is 0 Å². The highest BCUT2D eigenvalue weighted by Crippen LogP contribution is 2.52. The average Bonchev–Trinajstić information content (AvgIpc) is 3.44. The number of carboxylic acids is 1. The molecule has 7 nitrogen and oxygen atoms in total. The normalized spacial score (nSPS) is 22.4. The van der Waals surface area contributed by atoms with Gasteiger partial charge < -0.3 is 20.7 Å². The summed E-state index contributed by atoms with van der Waals surface area (Å²) in [6, 6.07) is 12.3. The molecule has 0 aliphatic carbocycles. The van der Waals surface area contributed by atoms with Gasteiger partial charge in [0, 0.05) is 28.1 Å². The van der Waals surface area contributed by atoms with Crippen LogP contribution in [0.4, 0.5) is 14.5 Å². The molecule has 1 saturated heterocycles. The second kappa shape index (κ2) is 10.9. The molecule has 4 N–H and O–H groups in total. The second-order valence-electron chi connectivity index (χ2n) is 12.1. The van der Waals surface area contributed by atoms with Crippen molar-refractivity contribution in [2.24, 2.45) is 5.41 Å². The molecule has 3 aromatic carbocycles. The van der Waals surface area contributed by atoms with Crippen molar-refractivity contribution in [2.75, 3.05) is 5.32 Å². The lowest BCUT2D eigenvalue weighted by atomic mass is 9.63. The summed E-state index contributed by atoms with van der Waals surface area (Å²) in [5, 5.41) is 15.7. The van der Waals surface area contributed by atoms with Gasteiger partial charge in [0.15, 0.2) is 0 Å². The van der Waals surface area contributed by atoms with Crippen LogP contribution in [0.1, 0.15) is 61.8 Å². The van der Waals surface area contributed by atoms with Crippen molar-refractivity contribution >= 4 is 51.8 Å². The fourth-order valence-electron chi connectivity index (χ4n) is 6.11. The highest BCUT2D eigenvalue weighted by Gasteiger charge is 2.57. The quantitative estimate of drug-likeness (QED) is 0.182. The molecule has 1 aromatic heterocycles. The minimum atomic E-state index is -1.21. The summed E-state index contributed by atoms with van der Waals surface area (Å²) in [6.45, 7) is 7.97. The van der Waals surface area contributed by atoms with Gasteiger partial charge in [-0.2, -0.15) is 0 Å². The lowest BCUT2D eigenvalue weighted by Gasteiger charge is -2.40. The standard InChI is InChI=1S/C31H30Cl2F2N4O3/c1-30(2,3)14-23-31(4,18-10-8-15(32)12-20(18)34)24(17-6-5-7-19(33)25(17)35)26(39-23)28(40)36-16-9-11-21-22(13-16)38-27(37-21)29(41)42/h5-13,23-24,26,39H,14H2,1-4H3,(H,36,40)(H,37,38)(H,41,42)/t23-,24?,26+,31-/m0/s1. The van der Waals surface area contributed by atoms with Crippen molar-refractivity contribution < 1.29 is 23.5 Å². The van der Waals surface area contributed by atoms with E-state index in [1.54, 1.807) is 42.5 Å². The molecule has 0 radical (unpaired) electrons. The highest BCUT2D eigenvalue weighted by molar-refractivity contribution is 6.31. The number of hydrogen-bond donors (Lipinski definition) is 4. The van der Waals surface area contributed by atoms with Crippen molar-refractivity contribution in [3.8, 4) is 0 Å². The molecule has 4 aromatic rings. The van der Waals surface area contributed by atoms with E-state index in [2.05, 4.69) is 20.6 Å². The molecule has 1 amide bonds. The maximum atomic E-state index is 15.8. The monoisotopic (exact) mass is 614 g/mol. The first-order valence-corrected chi connectivity index (χ1v) is 14.1. The number of anilines is 1. The third-order valence-corrected chi connectivity index (χ3v) is 8.49. The number of carbonyl (C=O) groups excluding carboxylic acids is 1. The Morgan fingerprint density at radius 2 is 1.83 bits per heavy atom. The Morgan fingerprint density at radius 3 is 2.50 bits per heavy atom. The third kappa shape index (κ3) is 5.48. The maximum absolute atomic E-state index is 15.8. The van der Waals surface area contributed by atoms with E-state index in [0.29, 0.717) is 28.7 Å². The summed E-state index contributed by atoms with van der Waals surface area (Å²) in [6.07, 6.45) is 0.534. The first-order valence-electron chi connectivity index (χ1n) is 13.4. The zero-order valence-electron chi connectivity index (χ0n) is 23.4. The summed E-state index contributed by atoms with van der Waals surface area (Å²) in [5.41, 5.74) is 0.336. The number of nitrogens with zero attached hydrogens (tertiary/aromatic N) is 1. The van der Waals surface area contributed by atoms with Gasteiger partial charge in [0.05, 0.1) is 22.1 Å². The molecule has 0 bridgehead atoms. The molecule has 1 fully saturated rings. The molecular formula is C31H30Cl2F2N4O3. The number of aromatic amines is 1. The lowest BCUT2D eigenvalue weighted by Crippen LogP contribution is -2.44. The van der Waals surface area contributed by atoms with Gasteiger partial charge in [-0.1, -0.05) is 69.1 Å². The fraction of sp³-hybridized carbons (Fsp3) is 0.323. The summed E-state index contributed by atoms with van der Waals surface area (Å²) >= 11 is 12.3. The number of hydrogen-bond acceptors (Lipinski definition) is 4. The van der Waals surface area contributed by atoms with Crippen LogP contribution >= 0.6 is 23.2 Å². The van der Waals surface area contributed by atoms with E-state index in [0.717, 1.165) is 0 Å². The molecule has 11 heteroatoms. The Bertz CT molecular complexity index is 1700. The van der Waals surface area contributed by atoms with E-state index in [-0.39, 0.29) is 26.8 Å². The predicted octanol–water partition coefficient (Wildman–Crippen LogP) is 7.30. The van der Waals surface area contributed by atoms with Crippen molar-refractivity contribution in [1.29, 1.82) is 0 Å². The Balaban J connectivity index is 1.63. The lowest BCUT2D eigenvalue weighted by molar-refractivity contribution is -0.118. The van der Waals surface area contributed by atoms with Gasteiger partial charge in [-0.05, 0) is 59.4 Å². The minimum Gasteiger partial charge on any atom is -0.475 e. The Kier molecular flexibility index (Phi) is 7.81. The number of halogens is 4. The molecule has 1 aliphatic rings. The van der Waals surface area contributed by atoms with Crippen LogP contribution in [0.5, 0.6) is 0 Å². The number of rotatable bonds is 6. The number of aromatic nitrogens is 2. The largest absolute Gasteiger partial charge is 0.475 e. The number of carboxylic acid groups (broad SMARTS) is 1. The maximum Gasteiger partial charge on any atom is 0.371 e. The topological polar surface area (TPSA) is 107 Å². The SMILES string of the molecule is CC(C)(C)C[C@@H]1N[C@@H](C(=O)Nc2ccc3nc(C(=O)O)[nH]c3c2)C(c2cccc(Cl)c2F)[C@@]1(C)c1ccc(Cl)cc1F. The van der Waals surface area contributed by atoms with Gasteiger partial charge in [0.25, 0.3) is 0 Å². The van der Waals surface area contributed by atoms with E-state index in [9.17, 15) is 14.7 Å². The molecule has 1 unspecified atom stereocenters. The van der Waals surface area contributed by atoms with Gasteiger partial charge in [-0.25, -0.2) is 18.6 Å². The van der Waals surface area contributed by atoms with E-state index in [4.69, 9.17) is 23.2 Å². The molecule has 0 spiro atoms. The number of carbonyl (C=O) groups is 2. The van der Waals surface area contributed by atoms with Crippen LogP contribution < -0.4 is 10.6 Å². The molecule has 42 heavy (non-hydrogen) atoms. The van der Waals surface area contributed by atoms with E-state index >= 15 is 8.78 Å².